The molecule has 0 saturated carbocycles. The summed E-state index contributed by atoms with van der Waals surface area (Å²) < 4.78 is 28.7. The van der Waals surface area contributed by atoms with Crippen molar-refractivity contribution in [3.63, 3.8) is 0 Å². The molecule has 1 atom stereocenters. The number of benzene rings is 2. The number of nitrogens with one attached hydrogen (secondary N) is 3. The molecule has 9 heteroatoms. The minimum absolute atomic E-state index is 0.120. The standard InChI is InChI=1S/C22H28N4O4S/c1-26(2)31(29,30)25-19(10-4-3-5-11-21(27)28)22-23-15-20(24-22)18-13-12-16-8-6-7-9-17(16)14-18/h6-9,12-15,19,25H,3-5,10-11H2,1-2H3,(H,23,24)(H,27,28)/p+1. The van der Waals surface area contributed by atoms with E-state index in [1.807, 2.05) is 24.4 Å². The van der Waals surface area contributed by atoms with Crippen molar-refractivity contribution >= 4 is 27.0 Å². The number of carbonyl (C=O) groups is 1. The van der Waals surface area contributed by atoms with Gasteiger partial charge in [-0.05, 0) is 35.7 Å². The number of H-pyrrole nitrogens is 2. The molecule has 4 N–H and O–H groups in total. The zero-order valence-corrected chi connectivity index (χ0v) is 18.6. The maximum atomic E-state index is 12.4. The second-order valence-electron chi connectivity index (χ2n) is 7.75. The second-order valence-corrected chi connectivity index (χ2v) is 9.67. The van der Waals surface area contributed by atoms with Gasteiger partial charge in [0.15, 0.2) is 5.69 Å². The summed E-state index contributed by atoms with van der Waals surface area (Å²) in [6.45, 7) is 0. The van der Waals surface area contributed by atoms with E-state index in [1.165, 1.54) is 14.1 Å². The van der Waals surface area contributed by atoms with Gasteiger partial charge in [-0.1, -0.05) is 43.2 Å². The van der Waals surface area contributed by atoms with E-state index in [0.29, 0.717) is 31.5 Å². The van der Waals surface area contributed by atoms with E-state index in [4.69, 9.17) is 5.11 Å². The molecule has 0 aliphatic heterocycles. The zero-order chi connectivity index (χ0) is 22.4. The molecule has 2 aromatic carbocycles. The van der Waals surface area contributed by atoms with Gasteiger partial charge in [0, 0.05) is 26.1 Å². The van der Waals surface area contributed by atoms with Crippen LogP contribution in [0.1, 0.15) is 44.0 Å². The van der Waals surface area contributed by atoms with Crippen LogP contribution in [0.15, 0.2) is 48.7 Å². The number of carboxylic acid groups (broad SMARTS) is 1. The van der Waals surface area contributed by atoms with Gasteiger partial charge in [-0.3, -0.25) is 4.79 Å². The number of hydrogen-bond donors (Lipinski definition) is 3. The molecule has 0 radical (unpaired) electrons. The summed E-state index contributed by atoms with van der Waals surface area (Å²) in [5.74, 6) is -0.158. The summed E-state index contributed by atoms with van der Waals surface area (Å²) >= 11 is 0. The van der Waals surface area contributed by atoms with Crippen LogP contribution in [-0.4, -0.2) is 42.9 Å². The van der Waals surface area contributed by atoms with Crippen molar-refractivity contribution in [2.24, 2.45) is 0 Å². The molecule has 1 heterocycles. The van der Waals surface area contributed by atoms with Crippen molar-refractivity contribution in [3.8, 4) is 11.3 Å². The van der Waals surface area contributed by atoms with Gasteiger partial charge in [0.05, 0.1) is 0 Å². The van der Waals surface area contributed by atoms with E-state index < -0.39 is 22.2 Å². The summed E-state index contributed by atoms with van der Waals surface area (Å²) in [4.78, 5) is 17.2. The minimum Gasteiger partial charge on any atom is -0.481 e. The van der Waals surface area contributed by atoms with E-state index in [0.717, 1.165) is 26.3 Å². The fraction of sp³-hybridized carbons (Fsp3) is 0.364. The highest BCUT2D eigenvalue weighted by molar-refractivity contribution is 7.87. The largest absolute Gasteiger partial charge is 0.481 e. The van der Waals surface area contributed by atoms with E-state index >= 15 is 0 Å². The van der Waals surface area contributed by atoms with Crippen LogP contribution in [0.4, 0.5) is 0 Å². The molecule has 8 nitrogen and oxygen atoms in total. The molecular formula is C22H29N4O4S+. The molecule has 1 unspecified atom stereocenters. The number of rotatable bonds is 11. The molecule has 31 heavy (non-hydrogen) atoms. The molecule has 0 fully saturated rings. The van der Waals surface area contributed by atoms with Gasteiger partial charge in [-0.15, -0.1) is 0 Å². The Kier molecular flexibility index (Phi) is 7.42. The average Bonchev–Trinajstić information content (AvgIpc) is 3.22. The van der Waals surface area contributed by atoms with Gasteiger partial charge < -0.3 is 5.11 Å². The SMILES string of the molecule is CN(C)S(=O)(=O)NC(CCCCCC(=O)O)c1[nH]c(-c2ccc3ccccc3c2)c[nH+]1. The lowest BCUT2D eigenvalue weighted by atomic mass is 10.1. The van der Waals surface area contributed by atoms with Crippen molar-refractivity contribution in [1.29, 1.82) is 0 Å². The first-order valence-corrected chi connectivity index (χ1v) is 11.7. The highest BCUT2D eigenvalue weighted by Gasteiger charge is 2.27. The lowest BCUT2D eigenvalue weighted by molar-refractivity contribution is -0.391. The first kappa shape index (κ1) is 22.9. The summed E-state index contributed by atoms with van der Waals surface area (Å²) in [5.41, 5.74) is 1.86. The number of imidazole rings is 1. The van der Waals surface area contributed by atoms with Crippen LogP contribution in [0.2, 0.25) is 0 Å². The van der Waals surface area contributed by atoms with Crippen LogP contribution in [0.3, 0.4) is 0 Å². The van der Waals surface area contributed by atoms with Crippen LogP contribution in [-0.2, 0) is 15.0 Å². The second kappa shape index (κ2) is 10.0. The Bertz CT molecular complexity index is 1140. The van der Waals surface area contributed by atoms with Crippen molar-refractivity contribution < 1.29 is 23.3 Å². The molecule has 0 aliphatic carbocycles. The summed E-state index contributed by atoms with van der Waals surface area (Å²) in [6.07, 6.45) is 4.48. The third-order valence-electron chi connectivity index (χ3n) is 5.21. The number of aromatic amines is 2. The lowest BCUT2D eigenvalue weighted by Gasteiger charge is -2.17. The number of aromatic nitrogens is 2. The van der Waals surface area contributed by atoms with E-state index in [1.54, 1.807) is 0 Å². The lowest BCUT2D eigenvalue weighted by Crippen LogP contribution is -2.39. The highest BCUT2D eigenvalue weighted by Crippen LogP contribution is 2.25. The summed E-state index contributed by atoms with van der Waals surface area (Å²) in [5, 5.41) is 11.1. The molecule has 0 spiro atoms. The van der Waals surface area contributed by atoms with Gasteiger partial charge in [-0.2, -0.15) is 17.4 Å². The average molecular weight is 446 g/mol. The van der Waals surface area contributed by atoms with Crippen LogP contribution in [0, 0.1) is 0 Å². The third-order valence-corrected chi connectivity index (χ3v) is 6.75. The summed E-state index contributed by atoms with van der Waals surface area (Å²) in [6, 6.07) is 13.8. The van der Waals surface area contributed by atoms with Crippen LogP contribution < -0.4 is 9.71 Å². The van der Waals surface area contributed by atoms with Gasteiger partial charge in [0.1, 0.15) is 12.2 Å². The fourth-order valence-corrected chi connectivity index (χ4v) is 4.22. The molecular weight excluding hydrogens is 416 g/mol. The molecule has 0 aliphatic rings. The smallest absolute Gasteiger partial charge is 0.303 e. The first-order chi connectivity index (χ1) is 14.8. The maximum absolute atomic E-state index is 12.4. The quantitative estimate of drug-likeness (QED) is 0.393. The van der Waals surface area contributed by atoms with Gasteiger partial charge in [0.2, 0.25) is 0 Å². The van der Waals surface area contributed by atoms with E-state index in [-0.39, 0.29) is 6.42 Å². The number of carboxylic acids is 1. The molecule has 166 valence electrons. The first-order valence-electron chi connectivity index (χ1n) is 10.3. The van der Waals surface area contributed by atoms with E-state index in [2.05, 4.69) is 39.0 Å². The van der Waals surface area contributed by atoms with Crippen molar-refractivity contribution in [3.05, 3.63) is 54.5 Å². The molecule has 0 amide bonds. The molecule has 0 bridgehead atoms. The Hall–Kier alpha value is -2.75. The molecule has 1 aromatic heterocycles. The predicted molar refractivity (Wildman–Crippen MR) is 119 cm³/mol. The molecule has 0 saturated heterocycles. The van der Waals surface area contributed by atoms with Gasteiger partial charge in [0.25, 0.3) is 16.0 Å². The Morgan fingerprint density at radius 2 is 1.87 bits per heavy atom. The molecule has 3 rings (SSSR count). The summed E-state index contributed by atoms with van der Waals surface area (Å²) in [7, 11) is -0.682. The Labute approximate surface area is 182 Å². The van der Waals surface area contributed by atoms with Crippen molar-refractivity contribution in [2.75, 3.05) is 14.1 Å². The number of unbranched alkanes of at least 4 members (excludes halogenated alkanes) is 2. The third kappa shape index (κ3) is 6.13. The predicted octanol–water partition coefficient (Wildman–Crippen LogP) is 3.12. The highest BCUT2D eigenvalue weighted by atomic mass is 32.2. The maximum Gasteiger partial charge on any atom is 0.303 e. The van der Waals surface area contributed by atoms with Crippen LogP contribution in [0.5, 0.6) is 0 Å². The monoisotopic (exact) mass is 445 g/mol. The van der Waals surface area contributed by atoms with Crippen molar-refractivity contribution in [1.82, 2.24) is 14.0 Å². The van der Waals surface area contributed by atoms with Crippen LogP contribution in [0.25, 0.3) is 22.0 Å². The van der Waals surface area contributed by atoms with Crippen LogP contribution >= 0.6 is 0 Å². The minimum atomic E-state index is -3.64. The van der Waals surface area contributed by atoms with E-state index in [9.17, 15) is 13.2 Å². The van der Waals surface area contributed by atoms with Crippen molar-refractivity contribution in [2.45, 2.75) is 38.1 Å². The molecule has 3 aromatic rings. The normalized spacial score (nSPS) is 13.0. The van der Waals surface area contributed by atoms with Gasteiger partial charge >= 0.3 is 5.97 Å². The Morgan fingerprint density at radius 3 is 2.58 bits per heavy atom. The number of aliphatic carboxylic acids is 1. The Morgan fingerprint density at radius 1 is 1.13 bits per heavy atom. The number of fused-ring (bicyclic) bond motifs is 1. The number of hydrogen-bond acceptors (Lipinski definition) is 3. The number of nitrogens with zero attached hydrogens (tertiary/aromatic N) is 1. The van der Waals surface area contributed by atoms with Gasteiger partial charge in [-0.25, -0.2) is 9.97 Å². The topological polar surface area (TPSA) is 117 Å². The zero-order valence-electron chi connectivity index (χ0n) is 17.8. The fourth-order valence-electron chi connectivity index (χ4n) is 3.42. The Balaban J connectivity index is 1.79.